The van der Waals surface area contributed by atoms with E-state index in [-0.39, 0.29) is 17.1 Å². The van der Waals surface area contributed by atoms with Gasteiger partial charge in [0.05, 0.1) is 18.9 Å². The molecule has 1 aromatic rings. The summed E-state index contributed by atoms with van der Waals surface area (Å²) in [6.45, 7) is 0. The van der Waals surface area contributed by atoms with Gasteiger partial charge in [-0.2, -0.15) is 5.10 Å². The number of rotatable bonds is 2. The van der Waals surface area contributed by atoms with E-state index < -0.39 is 0 Å². The van der Waals surface area contributed by atoms with Crippen molar-refractivity contribution in [2.75, 3.05) is 7.11 Å². The number of fused-ring (bicyclic) bond motifs is 3. The molecule has 0 bridgehead atoms. The Kier molecular flexibility index (Phi) is 7.05. The van der Waals surface area contributed by atoms with Crippen LogP contribution < -0.4 is 10.2 Å². The molecule has 2 atom stereocenters. The van der Waals surface area contributed by atoms with Crippen molar-refractivity contribution in [3.8, 4) is 5.75 Å². The molecule has 0 amide bonds. The first-order valence-corrected chi connectivity index (χ1v) is 8.76. The van der Waals surface area contributed by atoms with Gasteiger partial charge in [-0.25, -0.2) is 0 Å². The van der Waals surface area contributed by atoms with Crippen molar-refractivity contribution in [2.45, 2.75) is 18.9 Å². The number of nitrogens with zero attached hydrogens (tertiary/aromatic N) is 1. The average Bonchev–Trinajstić information content (AvgIpc) is 3.43. The first-order valence-electron chi connectivity index (χ1n) is 8.76. The summed E-state index contributed by atoms with van der Waals surface area (Å²) in [5.41, 5.74) is 7.07. The van der Waals surface area contributed by atoms with Crippen LogP contribution in [-0.2, 0) is 23.5 Å². The maximum absolute atomic E-state index is 5.48. The van der Waals surface area contributed by atoms with Gasteiger partial charge >= 0.3 is 17.1 Å². The van der Waals surface area contributed by atoms with Crippen LogP contribution >= 0.6 is 0 Å². The third kappa shape index (κ3) is 3.97. The second kappa shape index (κ2) is 9.28. The Bertz CT molecular complexity index is 613. The van der Waals surface area contributed by atoms with Crippen molar-refractivity contribution in [2.24, 2.45) is 11.0 Å². The minimum absolute atomic E-state index is 0. The maximum atomic E-state index is 5.48. The van der Waals surface area contributed by atoms with Gasteiger partial charge in [0.15, 0.2) is 0 Å². The number of hydrogen-bond acceptors (Lipinski definition) is 3. The van der Waals surface area contributed by atoms with E-state index in [0.29, 0.717) is 12.0 Å². The van der Waals surface area contributed by atoms with E-state index in [1.54, 1.807) is 7.11 Å². The summed E-state index contributed by atoms with van der Waals surface area (Å²) in [5.74, 6) is 2.79. The molecule has 0 aromatic heterocycles. The number of hydrogen-bond donors (Lipinski definition) is 1. The first kappa shape index (κ1) is 19.8. The fraction of sp³-hybridized carbons (Fsp3) is 0.227. The van der Waals surface area contributed by atoms with Crippen molar-refractivity contribution >= 4 is 5.71 Å². The number of ether oxygens (including phenoxy) is 1. The minimum Gasteiger partial charge on any atom is -0.496 e. The van der Waals surface area contributed by atoms with E-state index in [4.69, 9.17) is 4.74 Å². The van der Waals surface area contributed by atoms with Gasteiger partial charge in [-0.1, -0.05) is 12.1 Å². The Labute approximate surface area is 168 Å². The molecule has 3 nitrogen and oxygen atoms in total. The molecule has 2 unspecified atom stereocenters. The SMILES string of the molecule is COc1cccc2c1CCC1C2=NNC1[C]1[CH][CH][CH][CH]1.[CH]1[CH][CH][CH][CH]1.[Fe+2]. The molecule has 4 heteroatoms. The molecule has 132 valence electrons. The van der Waals surface area contributed by atoms with E-state index in [1.807, 2.05) is 38.2 Å². The molecule has 2 fully saturated rings. The summed E-state index contributed by atoms with van der Waals surface area (Å²) in [6.07, 6.45) is 20.7. The Hall–Kier alpha value is -0.991. The molecule has 1 heterocycles. The first-order chi connectivity index (χ1) is 12.4. The molecule has 5 rings (SSSR count). The van der Waals surface area contributed by atoms with Crippen LogP contribution in [0.4, 0.5) is 0 Å². The molecule has 0 spiro atoms. The van der Waals surface area contributed by atoms with Crippen LogP contribution in [0.15, 0.2) is 23.3 Å². The average molecular weight is 386 g/mol. The monoisotopic (exact) mass is 386 g/mol. The van der Waals surface area contributed by atoms with E-state index in [2.05, 4.69) is 48.3 Å². The number of benzene rings is 1. The molecule has 10 radical (unpaired) electrons. The van der Waals surface area contributed by atoms with Crippen LogP contribution in [0.3, 0.4) is 0 Å². The fourth-order valence-electron chi connectivity index (χ4n) is 3.81. The molecule has 26 heavy (non-hydrogen) atoms. The summed E-state index contributed by atoms with van der Waals surface area (Å²) in [4.78, 5) is 0. The Morgan fingerprint density at radius 1 is 1.00 bits per heavy atom. The Morgan fingerprint density at radius 3 is 2.35 bits per heavy atom. The van der Waals surface area contributed by atoms with Crippen molar-refractivity contribution in [1.29, 1.82) is 0 Å². The zero-order valence-electron chi connectivity index (χ0n) is 14.7. The summed E-state index contributed by atoms with van der Waals surface area (Å²) in [7, 11) is 1.74. The second-order valence-corrected chi connectivity index (χ2v) is 6.42. The zero-order chi connectivity index (χ0) is 17.1. The van der Waals surface area contributed by atoms with Crippen molar-refractivity contribution in [3.63, 3.8) is 0 Å². The van der Waals surface area contributed by atoms with Crippen molar-refractivity contribution < 1.29 is 21.8 Å². The molecular formula is C22H22FeN2O+2. The summed E-state index contributed by atoms with van der Waals surface area (Å²) in [5, 5.41) is 4.62. The predicted molar refractivity (Wildman–Crippen MR) is 100 cm³/mol. The number of nitrogens with one attached hydrogen (secondary N) is 1. The van der Waals surface area contributed by atoms with Gasteiger partial charge in [-0.05, 0) is 76.7 Å². The fourth-order valence-corrected chi connectivity index (χ4v) is 3.81. The minimum atomic E-state index is 0. The van der Waals surface area contributed by atoms with Gasteiger partial charge in [0.2, 0.25) is 0 Å². The van der Waals surface area contributed by atoms with Crippen LogP contribution in [0, 0.1) is 69.6 Å². The van der Waals surface area contributed by atoms with E-state index in [0.717, 1.165) is 18.6 Å². The van der Waals surface area contributed by atoms with Crippen LogP contribution in [0.5, 0.6) is 5.75 Å². The van der Waals surface area contributed by atoms with Crippen LogP contribution in [0.1, 0.15) is 17.5 Å². The standard InChI is InChI=1S/C17H17N2O.C5H5.Fe/c1-20-15-8-4-7-13-12(15)9-10-14-16(18-19-17(13)14)11-5-2-3-6-11;1-2-4-5-3-1;/h2-8,14,16,18H,9-10H2,1H3;1-5H;/q;;+2. The van der Waals surface area contributed by atoms with Gasteiger partial charge in [-0.3, -0.25) is 0 Å². The number of hydrazone groups is 1. The van der Waals surface area contributed by atoms with Gasteiger partial charge in [0.25, 0.3) is 0 Å². The smallest absolute Gasteiger partial charge is 0.496 e. The van der Waals surface area contributed by atoms with Gasteiger partial charge in [0, 0.05) is 23.0 Å². The molecule has 0 saturated heterocycles. The quantitative estimate of drug-likeness (QED) is 0.791. The van der Waals surface area contributed by atoms with Gasteiger partial charge in [0.1, 0.15) is 5.75 Å². The van der Waals surface area contributed by atoms with Crippen LogP contribution in [-0.4, -0.2) is 18.9 Å². The van der Waals surface area contributed by atoms with Crippen molar-refractivity contribution in [3.05, 3.63) is 93.0 Å². The summed E-state index contributed by atoms with van der Waals surface area (Å²) < 4.78 is 5.48. The Balaban J connectivity index is 0.000000285. The zero-order valence-corrected chi connectivity index (χ0v) is 15.8. The normalized spacial score (nSPS) is 26.6. The molecule has 1 aromatic carbocycles. The largest absolute Gasteiger partial charge is 2.00 e. The molecular weight excluding hydrogens is 364 g/mol. The second-order valence-electron chi connectivity index (χ2n) is 6.42. The van der Waals surface area contributed by atoms with Crippen LogP contribution in [0.25, 0.3) is 0 Å². The van der Waals surface area contributed by atoms with Gasteiger partial charge < -0.3 is 10.2 Å². The molecule has 3 aliphatic carbocycles. The predicted octanol–water partition coefficient (Wildman–Crippen LogP) is 3.36. The third-order valence-electron chi connectivity index (χ3n) is 5.02. The van der Waals surface area contributed by atoms with Gasteiger partial charge in [-0.15, -0.1) is 0 Å². The summed E-state index contributed by atoms with van der Waals surface area (Å²) >= 11 is 0. The summed E-state index contributed by atoms with van der Waals surface area (Å²) in [6, 6.07) is 6.58. The molecule has 4 aliphatic rings. The molecule has 2 saturated carbocycles. The number of methoxy groups -OCH3 is 1. The van der Waals surface area contributed by atoms with E-state index >= 15 is 0 Å². The van der Waals surface area contributed by atoms with E-state index in [1.165, 1.54) is 22.8 Å². The van der Waals surface area contributed by atoms with Crippen molar-refractivity contribution in [1.82, 2.24) is 5.43 Å². The maximum Gasteiger partial charge on any atom is 2.00 e. The molecule has 1 N–H and O–H groups in total. The third-order valence-corrected chi connectivity index (χ3v) is 5.02. The van der Waals surface area contributed by atoms with Crippen LogP contribution in [0.2, 0.25) is 0 Å². The topological polar surface area (TPSA) is 33.6 Å². The van der Waals surface area contributed by atoms with E-state index in [9.17, 15) is 0 Å². The Morgan fingerprint density at radius 2 is 1.69 bits per heavy atom. The molecule has 1 aliphatic heterocycles.